The molecule has 0 aliphatic rings. The maximum Gasteiger partial charge on any atom is 0.301 e. The highest BCUT2D eigenvalue weighted by molar-refractivity contribution is 9.10. The molecule has 0 aliphatic heterocycles. The second-order valence-corrected chi connectivity index (χ2v) is 7.44. The van der Waals surface area contributed by atoms with Crippen molar-refractivity contribution in [1.82, 2.24) is 4.31 Å². The number of halogens is 1. The Morgan fingerprint density at radius 3 is 2.30 bits per heavy atom. The molecule has 2 rings (SSSR count). The van der Waals surface area contributed by atoms with Gasteiger partial charge in [-0.15, -0.1) is 0 Å². The maximum atomic E-state index is 12.3. The summed E-state index contributed by atoms with van der Waals surface area (Å²) >= 11 is 3.48. The lowest BCUT2D eigenvalue weighted by Crippen LogP contribution is -2.37. The third-order valence-electron chi connectivity index (χ3n) is 3.22. The van der Waals surface area contributed by atoms with E-state index >= 15 is 0 Å². The second-order valence-electron chi connectivity index (χ2n) is 4.86. The predicted molar refractivity (Wildman–Crippen MR) is 87.1 cm³/mol. The third kappa shape index (κ3) is 2.97. The molecule has 0 bridgehead atoms. The molecule has 0 saturated heterocycles. The molecule has 108 valence electrons. The van der Waals surface area contributed by atoms with Gasteiger partial charge in [0.2, 0.25) is 0 Å². The standard InChI is InChI=1S/C14H17BrN2O2S/c1-10(2)17(3)20(18,19)16-14-9-8-13(15)11-6-4-5-7-12(11)14/h4-10,16H,1-3H3. The molecule has 0 atom stereocenters. The van der Waals surface area contributed by atoms with Gasteiger partial charge in [-0.25, -0.2) is 0 Å². The summed E-state index contributed by atoms with van der Waals surface area (Å²) < 4.78 is 29.4. The highest BCUT2D eigenvalue weighted by atomic mass is 79.9. The number of nitrogens with zero attached hydrogens (tertiary/aromatic N) is 1. The van der Waals surface area contributed by atoms with Gasteiger partial charge in [0.1, 0.15) is 0 Å². The van der Waals surface area contributed by atoms with Crippen LogP contribution < -0.4 is 4.72 Å². The van der Waals surface area contributed by atoms with Crippen LogP contribution in [0.15, 0.2) is 40.9 Å². The molecule has 4 nitrogen and oxygen atoms in total. The summed E-state index contributed by atoms with van der Waals surface area (Å²) in [4.78, 5) is 0. The van der Waals surface area contributed by atoms with Crippen molar-refractivity contribution in [2.45, 2.75) is 19.9 Å². The van der Waals surface area contributed by atoms with Crippen molar-refractivity contribution in [2.75, 3.05) is 11.8 Å². The summed E-state index contributed by atoms with van der Waals surface area (Å²) in [7, 11) is -1.99. The van der Waals surface area contributed by atoms with Crippen LogP contribution in [0.2, 0.25) is 0 Å². The summed E-state index contributed by atoms with van der Waals surface area (Å²) in [5.41, 5.74) is 0.580. The number of fused-ring (bicyclic) bond motifs is 1. The number of anilines is 1. The van der Waals surface area contributed by atoms with Crippen LogP contribution in [-0.2, 0) is 10.2 Å². The molecule has 1 N–H and O–H groups in total. The predicted octanol–water partition coefficient (Wildman–Crippen LogP) is 3.60. The van der Waals surface area contributed by atoms with Gasteiger partial charge in [-0.1, -0.05) is 40.2 Å². The normalized spacial score (nSPS) is 12.3. The van der Waals surface area contributed by atoms with Crippen LogP contribution in [0.25, 0.3) is 10.8 Å². The molecule has 0 heterocycles. The molecule has 6 heteroatoms. The minimum absolute atomic E-state index is 0.103. The summed E-state index contributed by atoms with van der Waals surface area (Å²) in [5.74, 6) is 0. The Kier molecular flexibility index (Phi) is 4.36. The Morgan fingerprint density at radius 1 is 1.10 bits per heavy atom. The first-order valence-electron chi connectivity index (χ1n) is 6.26. The highest BCUT2D eigenvalue weighted by Crippen LogP contribution is 2.30. The van der Waals surface area contributed by atoms with Crippen LogP contribution in [-0.4, -0.2) is 25.8 Å². The van der Waals surface area contributed by atoms with Gasteiger partial charge in [0.15, 0.2) is 0 Å². The lowest BCUT2D eigenvalue weighted by Gasteiger charge is -2.22. The van der Waals surface area contributed by atoms with E-state index in [1.54, 1.807) is 13.1 Å². The van der Waals surface area contributed by atoms with Gasteiger partial charge in [-0.05, 0) is 31.4 Å². The largest absolute Gasteiger partial charge is 0.301 e. The molecule has 0 spiro atoms. The van der Waals surface area contributed by atoms with E-state index in [0.717, 1.165) is 15.2 Å². The Balaban J connectivity index is 2.48. The Labute approximate surface area is 128 Å². The topological polar surface area (TPSA) is 49.4 Å². The Hall–Kier alpha value is -1.11. The van der Waals surface area contributed by atoms with Crippen LogP contribution in [0.3, 0.4) is 0 Å². The van der Waals surface area contributed by atoms with E-state index < -0.39 is 10.2 Å². The van der Waals surface area contributed by atoms with Crippen molar-refractivity contribution in [3.8, 4) is 0 Å². The van der Waals surface area contributed by atoms with Crippen molar-refractivity contribution in [1.29, 1.82) is 0 Å². The van der Waals surface area contributed by atoms with E-state index in [1.807, 2.05) is 44.2 Å². The first-order chi connectivity index (χ1) is 9.33. The van der Waals surface area contributed by atoms with Crippen LogP contribution in [0.4, 0.5) is 5.69 Å². The quantitative estimate of drug-likeness (QED) is 0.909. The number of hydrogen-bond donors (Lipinski definition) is 1. The van der Waals surface area contributed by atoms with Gasteiger partial charge in [-0.2, -0.15) is 12.7 Å². The van der Waals surface area contributed by atoms with E-state index in [9.17, 15) is 8.42 Å². The minimum atomic E-state index is -3.55. The number of rotatable bonds is 4. The van der Waals surface area contributed by atoms with E-state index in [4.69, 9.17) is 0 Å². The number of benzene rings is 2. The van der Waals surface area contributed by atoms with Gasteiger partial charge < -0.3 is 0 Å². The fourth-order valence-electron chi connectivity index (χ4n) is 1.84. The minimum Gasteiger partial charge on any atom is -0.270 e. The van der Waals surface area contributed by atoms with Crippen molar-refractivity contribution < 1.29 is 8.42 Å². The summed E-state index contributed by atoms with van der Waals surface area (Å²) in [5, 5.41) is 1.84. The van der Waals surface area contributed by atoms with Gasteiger partial charge >= 0.3 is 10.2 Å². The lowest BCUT2D eigenvalue weighted by molar-refractivity contribution is 0.414. The lowest BCUT2D eigenvalue weighted by atomic mass is 10.1. The van der Waals surface area contributed by atoms with Gasteiger partial charge in [0.05, 0.1) is 5.69 Å². The Bertz CT molecular complexity index is 729. The molecule has 0 fully saturated rings. The van der Waals surface area contributed by atoms with E-state index in [1.165, 1.54) is 4.31 Å². The molecule has 0 aromatic heterocycles. The van der Waals surface area contributed by atoms with E-state index in [0.29, 0.717) is 5.69 Å². The second kappa shape index (κ2) is 5.71. The molecular formula is C14H17BrN2O2S. The fourth-order valence-corrected chi connectivity index (χ4v) is 3.47. The first-order valence-corrected chi connectivity index (χ1v) is 8.49. The number of nitrogens with one attached hydrogen (secondary N) is 1. The first kappa shape index (κ1) is 15.3. The van der Waals surface area contributed by atoms with Crippen LogP contribution >= 0.6 is 15.9 Å². The molecule has 2 aromatic rings. The van der Waals surface area contributed by atoms with Crippen molar-refractivity contribution in [2.24, 2.45) is 0 Å². The summed E-state index contributed by atoms with van der Waals surface area (Å²) in [6, 6.07) is 11.2. The SMILES string of the molecule is CC(C)N(C)S(=O)(=O)Nc1ccc(Br)c2ccccc12. The molecule has 2 aromatic carbocycles. The summed E-state index contributed by atoms with van der Waals surface area (Å²) in [6.07, 6.45) is 0. The number of hydrogen-bond acceptors (Lipinski definition) is 2. The molecule has 0 aliphatic carbocycles. The van der Waals surface area contributed by atoms with Crippen molar-refractivity contribution in [3.05, 3.63) is 40.9 Å². The van der Waals surface area contributed by atoms with E-state index in [2.05, 4.69) is 20.7 Å². The van der Waals surface area contributed by atoms with Gasteiger partial charge in [0.25, 0.3) is 0 Å². The average molecular weight is 357 g/mol. The van der Waals surface area contributed by atoms with Gasteiger partial charge in [0, 0.05) is 22.9 Å². The third-order valence-corrected chi connectivity index (χ3v) is 5.57. The maximum absolute atomic E-state index is 12.3. The zero-order valence-electron chi connectivity index (χ0n) is 11.6. The molecule has 0 saturated carbocycles. The molecule has 20 heavy (non-hydrogen) atoms. The van der Waals surface area contributed by atoms with Gasteiger partial charge in [-0.3, -0.25) is 4.72 Å². The monoisotopic (exact) mass is 356 g/mol. The smallest absolute Gasteiger partial charge is 0.270 e. The van der Waals surface area contributed by atoms with Crippen molar-refractivity contribution >= 4 is 42.6 Å². The molecular weight excluding hydrogens is 340 g/mol. The van der Waals surface area contributed by atoms with Crippen LogP contribution in [0, 0.1) is 0 Å². The van der Waals surface area contributed by atoms with Crippen LogP contribution in [0.1, 0.15) is 13.8 Å². The molecule has 0 unspecified atom stereocenters. The van der Waals surface area contributed by atoms with E-state index in [-0.39, 0.29) is 6.04 Å². The van der Waals surface area contributed by atoms with Crippen LogP contribution in [0.5, 0.6) is 0 Å². The van der Waals surface area contributed by atoms with Crippen molar-refractivity contribution in [3.63, 3.8) is 0 Å². The molecule has 0 amide bonds. The fraction of sp³-hybridized carbons (Fsp3) is 0.286. The average Bonchev–Trinajstić information content (AvgIpc) is 2.41. The highest BCUT2D eigenvalue weighted by Gasteiger charge is 2.21. The Morgan fingerprint density at radius 2 is 1.70 bits per heavy atom. The zero-order valence-corrected chi connectivity index (χ0v) is 14.0. The zero-order chi connectivity index (χ0) is 14.9. The molecule has 0 radical (unpaired) electrons. The summed E-state index contributed by atoms with van der Waals surface area (Å²) in [6.45, 7) is 3.66.